The molecule has 4 heteroatoms. The van der Waals surface area contributed by atoms with Crippen LogP contribution in [0.4, 0.5) is 0 Å². The van der Waals surface area contributed by atoms with Crippen LogP contribution >= 0.6 is 0 Å². The van der Waals surface area contributed by atoms with Gasteiger partial charge in [-0.3, -0.25) is 0 Å². The van der Waals surface area contributed by atoms with Crippen LogP contribution in [0, 0.1) is 0 Å². The Balaban J connectivity index is -0.0000000862. The molecule has 0 atom stereocenters. The van der Waals surface area contributed by atoms with Crippen molar-refractivity contribution in [2.24, 2.45) is 0 Å². The lowest BCUT2D eigenvalue weighted by Crippen LogP contribution is -1.76. The number of hydrogen-bond donors (Lipinski definition) is 0. The van der Waals surface area contributed by atoms with Gasteiger partial charge in [-0.05, 0) is 10.2 Å². The molecule has 0 aromatic rings. The first-order chi connectivity index (χ1) is 9.66. The standard InChI is InChI=1S/C5H14Si.C5H12.C4H12Si.C2H10Si2/c1-3-4-5-6-2;1-3-5-4-2;1-2-3-4-5;1-4-2-3/h3-6H2,1-2H3;3-5H2,1-2H3;2-4H2,1,5H3;2,4H2,1,3H3. The maximum Gasteiger partial charge on any atom is 0.0166 e. The van der Waals surface area contributed by atoms with Crippen LogP contribution in [-0.4, -0.2) is 39.5 Å². The lowest BCUT2D eigenvalue weighted by atomic mass is 10.3. The highest BCUT2D eigenvalue weighted by Crippen LogP contribution is 1.91. The highest BCUT2D eigenvalue weighted by Gasteiger charge is 1.76. The topological polar surface area (TPSA) is 0 Å². The highest BCUT2D eigenvalue weighted by molar-refractivity contribution is 6.45. The summed E-state index contributed by atoms with van der Waals surface area (Å²) in [6.07, 6.45) is 9.77. The Morgan fingerprint density at radius 2 is 1.05 bits per heavy atom. The molecular weight excluding hydrogens is 305 g/mol. The SMILES string of the molecule is CCCCC.CCCC[SiH2]C.CCCC[SiH3].C[SiH2]C[SiH3]. The van der Waals surface area contributed by atoms with Gasteiger partial charge in [0, 0.05) is 29.3 Å². The van der Waals surface area contributed by atoms with Crippen molar-refractivity contribution >= 4 is 39.5 Å². The number of unbranched alkanes of at least 4 members (excludes halogenated alkanes) is 4. The van der Waals surface area contributed by atoms with Crippen molar-refractivity contribution in [2.75, 3.05) is 0 Å². The molecule has 0 bridgehead atoms. The summed E-state index contributed by atoms with van der Waals surface area (Å²) >= 11 is 0. The zero-order valence-electron chi connectivity index (χ0n) is 16.5. The van der Waals surface area contributed by atoms with Crippen LogP contribution in [0.15, 0.2) is 0 Å². The summed E-state index contributed by atoms with van der Waals surface area (Å²) in [5.74, 6) is 0. The molecule has 0 aliphatic rings. The van der Waals surface area contributed by atoms with E-state index in [4.69, 9.17) is 0 Å². The second-order valence-electron chi connectivity index (χ2n) is 5.41. The fraction of sp³-hybridized carbons (Fsp3) is 1.00. The molecular formula is C16H48Si4. The Hall–Kier alpha value is 0.868. The van der Waals surface area contributed by atoms with Crippen molar-refractivity contribution in [3.05, 3.63) is 0 Å². The van der Waals surface area contributed by atoms with Crippen molar-refractivity contribution in [3.8, 4) is 0 Å². The molecule has 0 aliphatic heterocycles. The van der Waals surface area contributed by atoms with Gasteiger partial charge >= 0.3 is 0 Å². The third-order valence-corrected chi connectivity index (χ3v) is 8.79. The van der Waals surface area contributed by atoms with Crippen LogP contribution < -0.4 is 0 Å². The van der Waals surface area contributed by atoms with E-state index in [0.29, 0.717) is 19.0 Å². The quantitative estimate of drug-likeness (QED) is 0.465. The maximum atomic E-state index is 2.37. The largest absolute Gasteiger partial charge is 0.0751 e. The highest BCUT2D eigenvalue weighted by atomic mass is 28.2. The van der Waals surface area contributed by atoms with Crippen LogP contribution in [0.5, 0.6) is 0 Å². The molecule has 0 amide bonds. The first-order valence-electron chi connectivity index (χ1n) is 9.66. The molecule has 0 fully saturated rings. The molecule has 0 aromatic carbocycles. The fourth-order valence-corrected chi connectivity index (χ4v) is 2.91. The van der Waals surface area contributed by atoms with E-state index < -0.39 is 0 Å². The maximum absolute atomic E-state index is 2.37. The van der Waals surface area contributed by atoms with E-state index in [1.807, 2.05) is 0 Å². The molecule has 0 saturated heterocycles. The Morgan fingerprint density at radius 1 is 0.650 bits per heavy atom. The van der Waals surface area contributed by atoms with Crippen molar-refractivity contribution in [1.82, 2.24) is 0 Å². The third kappa shape index (κ3) is 76.6. The lowest BCUT2D eigenvalue weighted by molar-refractivity contribution is 0.772. The predicted molar refractivity (Wildman–Crippen MR) is 118 cm³/mol. The molecule has 0 aliphatic carbocycles. The average Bonchev–Trinajstić information content (AvgIpc) is 2.48. The van der Waals surface area contributed by atoms with E-state index >= 15 is 0 Å². The van der Waals surface area contributed by atoms with Crippen LogP contribution in [0.1, 0.15) is 72.6 Å². The van der Waals surface area contributed by atoms with E-state index in [1.165, 1.54) is 71.5 Å². The predicted octanol–water partition coefficient (Wildman–Crippen LogP) is 3.13. The van der Waals surface area contributed by atoms with E-state index in [-0.39, 0.29) is 0 Å². The molecule has 0 rings (SSSR count). The van der Waals surface area contributed by atoms with Gasteiger partial charge in [0.15, 0.2) is 0 Å². The van der Waals surface area contributed by atoms with Gasteiger partial charge in [0.05, 0.1) is 0 Å². The molecule has 0 spiro atoms. The van der Waals surface area contributed by atoms with Crippen LogP contribution in [0.2, 0.25) is 30.8 Å². The molecule has 0 unspecified atom stereocenters. The van der Waals surface area contributed by atoms with Gasteiger partial charge in [-0.25, -0.2) is 0 Å². The fourth-order valence-electron chi connectivity index (χ4n) is 1.21. The minimum atomic E-state index is 0.403. The summed E-state index contributed by atoms with van der Waals surface area (Å²) in [5, 5.41) is 0. The summed E-state index contributed by atoms with van der Waals surface area (Å²) < 4.78 is 0. The van der Waals surface area contributed by atoms with Gasteiger partial charge in [0.2, 0.25) is 0 Å². The van der Waals surface area contributed by atoms with E-state index in [2.05, 4.69) is 40.8 Å². The summed E-state index contributed by atoms with van der Waals surface area (Å²) in [6, 6.07) is 3.03. The third-order valence-electron chi connectivity index (χ3n) is 2.87. The normalized spacial score (nSPS) is 9.90. The average molecular weight is 353 g/mol. The zero-order chi connectivity index (χ0) is 16.5. The molecule has 128 valence electrons. The second kappa shape index (κ2) is 42.7. The Labute approximate surface area is 143 Å². The summed E-state index contributed by atoms with van der Waals surface area (Å²) in [5.41, 5.74) is 1.60. The van der Waals surface area contributed by atoms with Crippen LogP contribution in [-0.2, 0) is 0 Å². The summed E-state index contributed by atoms with van der Waals surface area (Å²) in [4.78, 5) is 0. The first kappa shape index (κ1) is 29.0. The first-order valence-corrected chi connectivity index (χ1v) is 17.3. The van der Waals surface area contributed by atoms with Gasteiger partial charge in [0.25, 0.3) is 0 Å². The second-order valence-corrected chi connectivity index (χ2v) is 13.1. The van der Waals surface area contributed by atoms with Crippen molar-refractivity contribution in [3.63, 3.8) is 0 Å². The lowest BCUT2D eigenvalue weighted by Gasteiger charge is -1.85. The molecule has 0 heterocycles. The van der Waals surface area contributed by atoms with Gasteiger partial charge in [-0.1, -0.05) is 103 Å². The molecule has 0 nitrogen and oxygen atoms in total. The molecule has 0 saturated carbocycles. The van der Waals surface area contributed by atoms with Gasteiger partial charge < -0.3 is 0 Å². The Morgan fingerprint density at radius 3 is 1.10 bits per heavy atom. The van der Waals surface area contributed by atoms with E-state index in [0.717, 1.165) is 0 Å². The van der Waals surface area contributed by atoms with Crippen molar-refractivity contribution in [2.45, 2.75) is 103 Å². The van der Waals surface area contributed by atoms with Gasteiger partial charge in [-0.15, -0.1) is 0 Å². The van der Waals surface area contributed by atoms with Crippen LogP contribution in [0.25, 0.3) is 0 Å². The monoisotopic (exact) mass is 352 g/mol. The smallest absolute Gasteiger partial charge is 0.0166 e. The minimum absolute atomic E-state index is 0.403. The van der Waals surface area contributed by atoms with Crippen LogP contribution in [0.3, 0.4) is 0 Å². The Kier molecular flexibility index (Phi) is 61.8. The van der Waals surface area contributed by atoms with Gasteiger partial charge in [0.1, 0.15) is 0 Å². The summed E-state index contributed by atoms with van der Waals surface area (Å²) in [7, 11) is 3.74. The molecule has 0 N–H and O–H groups in total. The zero-order valence-corrected chi connectivity index (χ0v) is 23.3. The Bertz CT molecular complexity index is 84.5. The van der Waals surface area contributed by atoms with E-state index in [9.17, 15) is 0 Å². The summed E-state index contributed by atoms with van der Waals surface area (Å²) in [6.45, 7) is 13.6. The minimum Gasteiger partial charge on any atom is -0.0751 e. The van der Waals surface area contributed by atoms with Crippen molar-refractivity contribution in [1.29, 1.82) is 0 Å². The molecule has 0 radical (unpaired) electrons. The van der Waals surface area contributed by atoms with Crippen molar-refractivity contribution < 1.29 is 0 Å². The van der Waals surface area contributed by atoms with Gasteiger partial charge in [-0.2, -0.15) is 0 Å². The molecule has 0 aromatic heterocycles. The number of rotatable bonds is 8. The number of hydrogen-bond acceptors (Lipinski definition) is 0. The van der Waals surface area contributed by atoms with E-state index in [1.54, 1.807) is 11.7 Å². The molecule has 20 heavy (non-hydrogen) atoms.